The first kappa shape index (κ1) is 16.6. The van der Waals surface area contributed by atoms with Crippen LogP contribution in [0.15, 0.2) is 18.2 Å². The van der Waals surface area contributed by atoms with Gasteiger partial charge in [0.15, 0.2) is 0 Å². The first-order chi connectivity index (χ1) is 10.1. The van der Waals surface area contributed by atoms with Gasteiger partial charge in [-0.25, -0.2) is 0 Å². The van der Waals surface area contributed by atoms with Crippen LogP contribution in [0.4, 0.5) is 5.69 Å². The van der Waals surface area contributed by atoms with Gasteiger partial charge in [-0.05, 0) is 50.3 Å². The molecule has 118 valence electrons. The zero-order valence-electron chi connectivity index (χ0n) is 13.1. The van der Waals surface area contributed by atoms with Crippen molar-refractivity contribution in [2.45, 2.75) is 51.7 Å². The van der Waals surface area contributed by atoms with E-state index in [1.165, 1.54) is 12.1 Å². The molecule has 0 saturated carbocycles. The summed E-state index contributed by atoms with van der Waals surface area (Å²) in [6.07, 6.45) is 4.51. The maximum atomic E-state index is 6.43. The Kier molecular flexibility index (Phi) is 6.34. The fourth-order valence-corrected chi connectivity index (χ4v) is 3.03. The smallest absolute Gasteiger partial charge is 0.0750 e. The molecule has 1 heterocycles. The summed E-state index contributed by atoms with van der Waals surface area (Å²) < 4.78 is 5.74. The van der Waals surface area contributed by atoms with Crippen molar-refractivity contribution < 1.29 is 4.74 Å². The molecule has 0 aliphatic carbocycles. The van der Waals surface area contributed by atoms with Crippen molar-refractivity contribution in [3.8, 4) is 0 Å². The molecule has 0 radical (unpaired) electrons. The summed E-state index contributed by atoms with van der Waals surface area (Å²) in [7, 11) is 0. The highest BCUT2D eigenvalue weighted by molar-refractivity contribution is 6.31. The highest BCUT2D eigenvalue weighted by atomic mass is 35.5. The summed E-state index contributed by atoms with van der Waals surface area (Å²) in [6.45, 7) is 7.08. The van der Waals surface area contributed by atoms with E-state index in [1.807, 2.05) is 0 Å². The molecule has 2 N–H and O–H groups in total. The monoisotopic (exact) mass is 310 g/mol. The number of likely N-dealkylation sites (N-methyl/N-ethyl adjacent to an activating group) is 1. The number of halogens is 1. The summed E-state index contributed by atoms with van der Waals surface area (Å²) in [4.78, 5) is 2.34. The Bertz CT molecular complexity index is 446. The van der Waals surface area contributed by atoms with Crippen molar-refractivity contribution in [2.24, 2.45) is 5.73 Å². The fourth-order valence-electron chi connectivity index (χ4n) is 2.78. The Morgan fingerprint density at radius 1 is 1.43 bits per heavy atom. The van der Waals surface area contributed by atoms with Crippen LogP contribution < -0.4 is 10.6 Å². The molecule has 3 nitrogen and oxygen atoms in total. The predicted molar refractivity (Wildman–Crippen MR) is 90.3 cm³/mol. The summed E-state index contributed by atoms with van der Waals surface area (Å²) in [6, 6.07) is 6.52. The van der Waals surface area contributed by atoms with Crippen molar-refractivity contribution in [1.29, 1.82) is 0 Å². The van der Waals surface area contributed by atoms with Gasteiger partial charge < -0.3 is 15.4 Å². The third-order valence-corrected chi connectivity index (χ3v) is 4.59. The minimum absolute atomic E-state index is 0.183. The molecule has 1 aromatic carbocycles. The van der Waals surface area contributed by atoms with E-state index in [1.54, 1.807) is 0 Å². The second kappa shape index (κ2) is 8.02. The molecule has 0 spiro atoms. The van der Waals surface area contributed by atoms with Crippen molar-refractivity contribution >= 4 is 17.3 Å². The molecule has 2 atom stereocenters. The molecule has 0 aromatic heterocycles. The average molecular weight is 311 g/mol. The zero-order chi connectivity index (χ0) is 15.2. The van der Waals surface area contributed by atoms with E-state index in [0.717, 1.165) is 49.5 Å². The van der Waals surface area contributed by atoms with Gasteiger partial charge in [0.05, 0.1) is 6.10 Å². The number of nitrogens with zero attached hydrogens (tertiary/aromatic N) is 1. The Morgan fingerprint density at radius 3 is 2.81 bits per heavy atom. The molecule has 0 bridgehead atoms. The van der Waals surface area contributed by atoms with Gasteiger partial charge in [-0.2, -0.15) is 0 Å². The first-order valence-corrected chi connectivity index (χ1v) is 8.42. The molecule has 2 unspecified atom stereocenters. The lowest BCUT2D eigenvalue weighted by Gasteiger charge is -2.26. The molecule has 1 saturated heterocycles. The van der Waals surface area contributed by atoms with Crippen LogP contribution >= 0.6 is 11.6 Å². The van der Waals surface area contributed by atoms with Gasteiger partial charge >= 0.3 is 0 Å². The number of hydrogen-bond donors (Lipinski definition) is 1. The van der Waals surface area contributed by atoms with Crippen LogP contribution in [-0.2, 0) is 11.2 Å². The topological polar surface area (TPSA) is 38.5 Å². The van der Waals surface area contributed by atoms with Crippen LogP contribution in [-0.4, -0.2) is 31.8 Å². The number of nitrogens with two attached hydrogens (primary N) is 1. The van der Waals surface area contributed by atoms with Crippen molar-refractivity contribution in [1.82, 2.24) is 0 Å². The van der Waals surface area contributed by atoms with Crippen molar-refractivity contribution in [3.63, 3.8) is 0 Å². The highest BCUT2D eigenvalue weighted by Gasteiger charge is 2.19. The standard InChI is InChI=1S/C17H27ClN2O/c1-3-14(19)10-13-7-8-15(11-17(13)18)20(4-2)12-16-6-5-9-21-16/h7-8,11,14,16H,3-6,9-10,12,19H2,1-2H3. The predicted octanol–water partition coefficient (Wildman–Crippen LogP) is 3.63. The summed E-state index contributed by atoms with van der Waals surface area (Å²) in [5.74, 6) is 0. The van der Waals surface area contributed by atoms with Crippen molar-refractivity contribution in [2.75, 3.05) is 24.6 Å². The lowest BCUT2D eigenvalue weighted by atomic mass is 10.0. The Morgan fingerprint density at radius 2 is 2.24 bits per heavy atom. The van der Waals surface area contributed by atoms with Crippen LogP contribution in [0.1, 0.15) is 38.7 Å². The second-order valence-electron chi connectivity index (χ2n) is 5.82. The van der Waals surface area contributed by atoms with Gasteiger partial charge in [0, 0.05) is 36.4 Å². The van der Waals surface area contributed by atoms with Crippen LogP contribution in [0.3, 0.4) is 0 Å². The summed E-state index contributed by atoms with van der Waals surface area (Å²) in [5.41, 5.74) is 8.34. The zero-order valence-corrected chi connectivity index (χ0v) is 13.9. The van der Waals surface area contributed by atoms with E-state index < -0.39 is 0 Å². The first-order valence-electron chi connectivity index (χ1n) is 8.04. The lowest BCUT2D eigenvalue weighted by Crippen LogP contribution is -2.32. The lowest BCUT2D eigenvalue weighted by molar-refractivity contribution is 0.115. The van der Waals surface area contributed by atoms with E-state index in [2.05, 4.69) is 36.9 Å². The number of ether oxygens (including phenoxy) is 1. The third kappa shape index (κ3) is 4.60. The van der Waals surface area contributed by atoms with Crippen LogP contribution in [0.25, 0.3) is 0 Å². The van der Waals surface area contributed by atoms with Gasteiger partial charge in [-0.1, -0.05) is 24.6 Å². The molecule has 2 rings (SSSR count). The van der Waals surface area contributed by atoms with E-state index in [0.29, 0.717) is 6.10 Å². The molecule has 1 aromatic rings. The van der Waals surface area contributed by atoms with Gasteiger partial charge in [0.2, 0.25) is 0 Å². The minimum Gasteiger partial charge on any atom is -0.376 e. The maximum Gasteiger partial charge on any atom is 0.0750 e. The number of rotatable bonds is 7. The number of hydrogen-bond acceptors (Lipinski definition) is 3. The third-order valence-electron chi connectivity index (χ3n) is 4.24. The molecule has 1 aliphatic rings. The molecular formula is C17H27ClN2O. The number of anilines is 1. The SMILES string of the molecule is CCC(N)Cc1ccc(N(CC)CC2CCCO2)cc1Cl. The molecule has 4 heteroatoms. The Balaban J connectivity index is 2.05. The van der Waals surface area contributed by atoms with Crippen LogP contribution in [0.2, 0.25) is 5.02 Å². The molecular weight excluding hydrogens is 284 g/mol. The average Bonchev–Trinajstić information content (AvgIpc) is 2.99. The summed E-state index contributed by atoms with van der Waals surface area (Å²) >= 11 is 6.43. The van der Waals surface area contributed by atoms with E-state index in [4.69, 9.17) is 22.1 Å². The Hall–Kier alpha value is -0.770. The maximum absolute atomic E-state index is 6.43. The summed E-state index contributed by atoms with van der Waals surface area (Å²) in [5, 5.41) is 0.821. The van der Waals surface area contributed by atoms with E-state index in [-0.39, 0.29) is 6.04 Å². The van der Waals surface area contributed by atoms with Crippen LogP contribution in [0, 0.1) is 0 Å². The molecule has 21 heavy (non-hydrogen) atoms. The van der Waals surface area contributed by atoms with E-state index in [9.17, 15) is 0 Å². The quantitative estimate of drug-likeness (QED) is 0.836. The van der Waals surface area contributed by atoms with Crippen LogP contribution in [0.5, 0.6) is 0 Å². The second-order valence-corrected chi connectivity index (χ2v) is 6.23. The minimum atomic E-state index is 0.183. The highest BCUT2D eigenvalue weighted by Crippen LogP contribution is 2.26. The van der Waals surface area contributed by atoms with Gasteiger partial charge in [0.25, 0.3) is 0 Å². The number of benzene rings is 1. The normalized spacial score (nSPS) is 19.7. The Labute approximate surface area is 133 Å². The van der Waals surface area contributed by atoms with E-state index >= 15 is 0 Å². The fraction of sp³-hybridized carbons (Fsp3) is 0.647. The van der Waals surface area contributed by atoms with Gasteiger partial charge in [0.1, 0.15) is 0 Å². The van der Waals surface area contributed by atoms with Crippen molar-refractivity contribution in [3.05, 3.63) is 28.8 Å². The molecule has 0 amide bonds. The van der Waals surface area contributed by atoms with Gasteiger partial charge in [-0.3, -0.25) is 0 Å². The largest absolute Gasteiger partial charge is 0.376 e. The molecule has 1 fully saturated rings. The molecule has 1 aliphatic heterocycles. The van der Waals surface area contributed by atoms with Gasteiger partial charge in [-0.15, -0.1) is 0 Å².